The first-order valence-corrected chi connectivity index (χ1v) is 3.59. The van der Waals surface area contributed by atoms with Crippen molar-refractivity contribution in [1.29, 1.82) is 0 Å². The quantitative estimate of drug-likeness (QED) is 0.411. The summed E-state index contributed by atoms with van der Waals surface area (Å²) in [4.78, 5) is 22.6. The lowest BCUT2D eigenvalue weighted by Gasteiger charge is -2.26. The Bertz CT molecular complexity index is 169. The van der Waals surface area contributed by atoms with Gasteiger partial charge < -0.3 is 9.64 Å². The third-order valence-electron chi connectivity index (χ3n) is 1.80. The van der Waals surface area contributed by atoms with Crippen molar-refractivity contribution in [3.05, 3.63) is 0 Å². The van der Waals surface area contributed by atoms with Crippen molar-refractivity contribution in [2.45, 2.75) is 18.9 Å². The summed E-state index contributed by atoms with van der Waals surface area (Å²) in [6.45, 7) is 0.488. The molecule has 0 radical (unpaired) electrons. The molecular formula is C7H11NO3. The van der Waals surface area contributed by atoms with Crippen LogP contribution in [0.4, 0.5) is 0 Å². The number of amides is 1. The number of carbonyl (C=O) groups excluding carboxylic acids is 2. The lowest BCUT2D eigenvalue weighted by molar-refractivity contribution is -0.155. The minimum Gasteiger partial charge on any atom is -0.464 e. The SMILES string of the molecule is CN(C=O)[C@H]1CCCOC1=O. The molecule has 0 saturated carbocycles. The zero-order chi connectivity index (χ0) is 8.27. The van der Waals surface area contributed by atoms with E-state index < -0.39 is 0 Å². The second-order valence-electron chi connectivity index (χ2n) is 2.60. The van der Waals surface area contributed by atoms with E-state index in [1.165, 1.54) is 4.90 Å². The maximum absolute atomic E-state index is 11.0. The van der Waals surface area contributed by atoms with Crippen LogP contribution in [0.2, 0.25) is 0 Å². The Balaban J connectivity index is 2.53. The molecular weight excluding hydrogens is 146 g/mol. The lowest BCUT2D eigenvalue weighted by Crippen LogP contribution is -2.41. The molecule has 0 bridgehead atoms. The van der Waals surface area contributed by atoms with E-state index in [-0.39, 0.29) is 12.0 Å². The van der Waals surface area contributed by atoms with Crippen LogP contribution >= 0.6 is 0 Å². The second-order valence-corrected chi connectivity index (χ2v) is 2.60. The van der Waals surface area contributed by atoms with Gasteiger partial charge in [-0.15, -0.1) is 0 Å². The Morgan fingerprint density at radius 1 is 1.73 bits per heavy atom. The molecule has 1 rings (SSSR count). The summed E-state index contributed by atoms with van der Waals surface area (Å²) in [5.74, 6) is -0.286. The number of nitrogens with zero attached hydrogens (tertiary/aromatic N) is 1. The zero-order valence-corrected chi connectivity index (χ0v) is 6.45. The van der Waals surface area contributed by atoms with Crippen molar-refractivity contribution in [2.24, 2.45) is 0 Å². The predicted molar refractivity (Wildman–Crippen MR) is 37.8 cm³/mol. The average Bonchev–Trinajstić information content (AvgIpc) is 2.04. The van der Waals surface area contributed by atoms with Gasteiger partial charge in [-0.3, -0.25) is 4.79 Å². The van der Waals surface area contributed by atoms with Crippen LogP contribution in [0.25, 0.3) is 0 Å². The van der Waals surface area contributed by atoms with Gasteiger partial charge in [0.25, 0.3) is 0 Å². The number of carbonyl (C=O) groups is 2. The van der Waals surface area contributed by atoms with E-state index in [2.05, 4.69) is 0 Å². The molecule has 62 valence electrons. The maximum Gasteiger partial charge on any atom is 0.328 e. The number of hydrogen-bond acceptors (Lipinski definition) is 3. The van der Waals surface area contributed by atoms with Crippen LogP contribution in [0.1, 0.15) is 12.8 Å². The van der Waals surface area contributed by atoms with Gasteiger partial charge in [0.1, 0.15) is 6.04 Å². The number of esters is 1. The molecule has 1 saturated heterocycles. The van der Waals surface area contributed by atoms with E-state index in [1.54, 1.807) is 7.05 Å². The first-order chi connectivity index (χ1) is 5.25. The van der Waals surface area contributed by atoms with Crippen LogP contribution in [-0.4, -0.2) is 37.0 Å². The molecule has 0 unspecified atom stereocenters. The second kappa shape index (κ2) is 3.37. The topological polar surface area (TPSA) is 46.6 Å². The van der Waals surface area contributed by atoms with Crippen molar-refractivity contribution in [2.75, 3.05) is 13.7 Å². The van der Waals surface area contributed by atoms with Crippen LogP contribution in [0, 0.1) is 0 Å². The fourth-order valence-corrected chi connectivity index (χ4v) is 1.11. The molecule has 0 aromatic carbocycles. The van der Waals surface area contributed by atoms with Crippen LogP contribution in [0.3, 0.4) is 0 Å². The van der Waals surface area contributed by atoms with Gasteiger partial charge in [0.05, 0.1) is 6.61 Å². The third-order valence-corrected chi connectivity index (χ3v) is 1.80. The van der Waals surface area contributed by atoms with E-state index in [0.717, 1.165) is 6.42 Å². The zero-order valence-electron chi connectivity index (χ0n) is 6.45. The molecule has 0 aliphatic carbocycles. The molecule has 0 N–H and O–H groups in total. The Morgan fingerprint density at radius 2 is 2.45 bits per heavy atom. The van der Waals surface area contributed by atoms with E-state index >= 15 is 0 Å². The standard InChI is InChI=1S/C7H11NO3/c1-8(5-9)6-3-2-4-11-7(6)10/h5-6H,2-4H2,1H3/t6-/m0/s1. The Hall–Kier alpha value is -1.06. The molecule has 1 aliphatic rings. The highest BCUT2D eigenvalue weighted by Crippen LogP contribution is 2.11. The number of rotatable bonds is 2. The van der Waals surface area contributed by atoms with Crippen LogP contribution < -0.4 is 0 Å². The predicted octanol–water partition coefficient (Wildman–Crippen LogP) is -0.220. The molecule has 4 nitrogen and oxygen atoms in total. The molecule has 0 aromatic rings. The Kier molecular flexibility index (Phi) is 2.46. The van der Waals surface area contributed by atoms with Crippen molar-refractivity contribution in [3.8, 4) is 0 Å². The van der Waals surface area contributed by atoms with Crippen LogP contribution in [0.5, 0.6) is 0 Å². The van der Waals surface area contributed by atoms with E-state index in [4.69, 9.17) is 4.74 Å². The van der Waals surface area contributed by atoms with Gasteiger partial charge in [0, 0.05) is 7.05 Å². The summed E-state index contributed by atoms with van der Waals surface area (Å²) in [5, 5.41) is 0. The highest BCUT2D eigenvalue weighted by molar-refractivity contribution is 5.78. The summed E-state index contributed by atoms with van der Waals surface area (Å²) in [5.41, 5.74) is 0. The average molecular weight is 157 g/mol. The first-order valence-electron chi connectivity index (χ1n) is 3.59. The molecule has 0 spiro atoms. The van der Waals surface area contributed by atoms with Crippen molar-refractivity contribution in [1.82, 2.24) is 4.90 Å². The van der Waals surface area contributed by atoms with Gasteiger partial charge >= 0.3 is 5.97 Å². The van der Waals surface area contributed by atoms with Gasteiger partial charge in [0.2, 0.25) is 6.41 Å². The van der Waals surface area contributed by atoms with Crippen molar-refractivity contribution < 1.29 is 14.3 Å². The third kappa shape index (κ3) is 1.69. The summed E-state index contributed by atoms with van der Waals surface area (Å²) >= 11 is 0. The van der Waals surface area contributed by atoms with E-state index in [9.17, 15) is 9.59 Å². The monoisotopic (exact) mass is 157 g/mol. The molecule has 11 heavy (non-hydrogen) atoms. The molecule has 1 fully saturated rings. The number of likely N-dealkylation sites (N-methyl/N-ethyl adjacent to an activating group) is 1. The van der Waals surface area contributed by atoms with E-state index in [1.807, 2.05) is 0 Å². The minimum absolute atomic E-state index is 0.286. The first kappa shape index (κ1) is 8.04. The highest BCUT2D eigenvalue weighted by Gasteiger charge is 2.26. The summed E-state index contributed by atoms with van der Waals surface area (Å²) in [7, 11) is 1.59. The molecule has 4 heteroatoms. The van der Waals surface area contributed by atoms with Crippen molar-refractivity contribution in [3.63, 3.8) is 0 Å². The van der Waals surface area contributed by atoms with Gasteiger partial charge in [-0.2, -0.15) is 0 Å². The normalized spacial score (nSPS) is 24.1. The van der Waals surface area contributed by atoms with Gasteiger partial charge in [-0.1, -0.05) is 0 Å². The molecule has 1 atom stereocenters. The smallest absolute Gasteiger partial charge is 0.328 e. The van der Waals surface area contributed by atoms with Gasteiger partial charge in [-0.05, 0) is 12.8 Å². The van der Waals surface area contributed by atoms with Gasteiger partial charge in [0.15, 0.2) is 0 Å². The number of hydrogen-bond donors (Lipinski definition) is 0. The molecule has 1 aliphatic heterocycles. The number of ether oxygens (including phenoxy) is 1. The van der Waals surface area contributed by atoms with Crippen LogP contribution in [0.15, 0.2) is 0 Å². The lowest BCUT2D eigenvalue weighted by atomic mass is 10.1. The van der Waals surface area contributed by atoms with Crippen molar-refractivity contribution >= 4 is 12.4 Å². The molecule has 1 amide bonds. The minimum atomic E-state index is -0.360. The summed E-state index contributed by atoms with van der Waals surface area (Å²) in [6, 6.07) is -0.360. The maximum atomic E-state index is 11.0. The van der Waals surface area contributed by atoms with E-state index in [0.29, 0.717) is 19.4 Å². The molecule has 1 heterocycles. The fourth-order valence-electron chi connectivity index (χ4n) is 1.11. The fraction of sp³-hybridized carbons (Fsp3) is 0.714. The summed E-state index contributed by atoms with van der Waals surface area (Å²) < 4.78 is 4.77. The Labute approximate surface area is 65.1 Å². The Morgan fingerprint density at radius 3 is 3.00 bits per heavy atom. The van der Waals surface area contributed by atoms with Crippen LogP contribution in [-0.2, 0) is 14.3 Å². The molecule has 0 aromatic heterocycles. The summed E-state index contributed by atoms with van der Waals surface area (Å²) in [6.07, 6.45) is 2.21. The highest BCUT2D eigenvalue weighted by atomic mass is 16.5. The number of cyclic esters (lactones) is 1. The van der Waals surface area contributed by atoms with Gasteiger partial charge in [-0.25, -0.2) is 4.79 Å². The largest absolute Gasteiger partial charge is 0.464 e.